The number of rotatable bonds is 8. The lowest BCUT2D eigenvalue weighted by molar-refractivity contribution is -0.136. The summed E-state index contributed by atoms with van der Waals surface area (Å²) < 4.78 is 4.68. The summed E-state index contributed by atoms with van der Waals surface area (Å²) in [4.78, 5) is 11.3. The summed E-state index contributed by atoms with van der Waals surface area (Å²) in [5.74, 6) is -0.281. The fraction of sp³-hybridized carbons (Fsp3) is 0.769. The third kappa shape index (κ3) is 4.88. The van der Waals surface area contributed by atoms with Crippen molar-refractivity contribution in [2.75, 3.05) is 20.3 Å². The van der Waals surface area contributed by atoms with Gasteiger partial charge in [0.2, 0.25) is 0 Å². The van der Waals surface area contributed by atoms with Crippen molar-refractivity contribution in [1.82, 2.24) is 5.32 Å². The molecular weight excluding hydrogens is 218 g/mol. The highest BCUT2D eigenvalue weighted by Crippen LogP contribution is 2.14. The monoisotopic (exact) mass is 243 g/mol. The molecule has 0 spiro atoms. The van der Waals surface area contributed by atoms with E-state index in [4.69, 9.17) is 0 Å². The largest absolute Gasteiger partial charge is 0.466 e. The number of hydrogen-bond donors (Lipinski definition) is 2. The lowest BCUT2D eigenvalue weighted by Gasteiger charge is -2.30. The maximum absolute atomic E-state index is 11.3. The van der Waals surface area contributed by atoms with Crippen molar-refractivity contribution in [3.05, 3.63) is 11.6 Å². The topological polar surface area (TPSA) is 58.6 Å². The van der Waals surface area contributed by atoms with Crippen LogP contribution in [0.1, 0.15) is 40.0 Å². The molecular formula is C13H25NO3. The molecule has 0 aliphatic heterocycles. The van der Waals surface area contributed by atoms with Crippen LogP contribution in [0.2, 0.25) is 0 Å². The molecule has 4 heteroatoms. The molecule has 0 saturated heterocycles. The van der Waals surface area contributed by atoms with Gasteiger partial charge in [-0.05, 0) is 19.3 Å². The van der Waals surface area contributed by atoms with Crippen LogP contribution in [0.5, 0.6) is 0 Å². The molecule has 17 heavy (non-hydrogen) atoms. The molecule has 0 heterocycles. The first-order chi connectivity index (χ1) is 8.09. The van der Waals surface area contributed by atoms with Gasteiger partial charge in [-0.25, -0.2) is 4.79 Å². The summed E-state index contributed by atoms with van der Waals surface area (Å²) in [6.45, 7) is 6.67. The fourth-order valence-electron chi connectivity index (χ4n) is 1.67. The van der Waals surface area contributed by atoms with E-state index in [1.165, 1.54) is 7.11 Å². The minimum absolute atomic E-state index is 0.105. The van der Waals surface area contributed by atoms with Gasteiger partial charge in [0.1, 0.15) is 0 Å². The van der Waals surface area contributed by atoms with E-state index in [-0.39, 0.29) is 18.1 Å². The number of ether oxygens (including phenoxy) is 1. The number of hydrogen-bond acceptors (Lipinski definition) is 4. The summed E-state index contributed by atoms with van der Waals surface area (Å²) in [5.41, 5.74) is 0.421. The van der Waals surface area contributed by atoms with Crippen LogP contribution in [0.4, 0.5) is 0 Å². The Morgan fingerprint density at radius 1 is 1.35 bits per heavy atom. The highest BCUT2D eigenvalue weighted by atomic mass is 16.5. The molecule has 0 rings (SSSR count). The van der Waals surface area contributed by atoms with Crippen LogP contribution in [-0.4, -0.2) is 36.9 Å². The van der Waals surface area contributed by atoms with Crippen molar-refractivity contribution in [3.8, 4) is 0 Å². The van der Waals surface area contributed by atoms with E-state index in [0.29, 0.717) is 18.5 Å². The van der Waals surface area contributed by atoms with Crippen LogP contribution in [0.25, 0.3) is 0 Å². The lowest BCUT2D eigenvalue weighted by Crippen LogP contribution is -2.47. The van der Waals surface area contributed by atoms with Gasteiger partial charge in [0.25, 0.3) is 0 Å². The molecule has 4 nitrogen and oxygen atoms in total. The van der Waals surface area contributed by atoms with Crippen molar-refractivity contribution < 1.29 is 14.6 Å². The Labute approximate surface area is 104 Å². The van der Waals surface area contributed by atoms with Crippen molar-refractivity contribution in [2.24, 2.45) is 0 Å². The van der Waals surface area contributed by atoms with Crippen LogP contribution in [0.15, 0.2) is 11.6 Å². The van der Waals surface area contributed by atoms with E-state index in [0.717, 1.165) is 12.8 Å². The molecule has 0 aromatic carbocycles. The van der Waals surface area contributed by atoms with E-state index >= 15 is 0 Å². The van der Waals surface area contributed by atoms with Crippen molar-refractivity contribution in [1.29, 1.82) is 0 Å². The number of carbonyl (C=O) groups is 1. The number of esters is 1. The maximum Gasteiger partial charge on any atom is 0.333 e. The Bertz CT molecular complexity index is 249. The summed E-state index contributed by atoms with van der Waals surface area (Å²) in [6.07, 6.45) is 4.20. The molecule has 0 bridgehead atoms. The molecule has 0 aliphatic rings. The molecule has 0 atom stereocenters. The van der Waals surface area contributed by atoms with Crippen LogP contribution in [0, 0.1) is 0 Å². The van der Waals surface area contributed by atoms with E-state index in [1.807, 2.05) is 26.8 Å². The van der Waals surface area contributed by atoms with Crippen molar-refractivity contribution >= 4 is 5.97 Å². The first-order valence-corrected chi connectivity index (χ1v) is 6.22. The van der Waals surface area contributed by atoms with E-state index in [9.17, 15) is 9.90 Å². The first-order valence-electron chi connectivity index (χ1n) is 6.22. The van der Waals surface area contributed by atoms with Crippen molar-refractivity contribution in [2.45, 2.75) is 45.6 Å². The molecule has 0 radical (unpaired) electrons. The standard InChI is InChI=1S/C13H25NO3/c1-5-11(12(16)17-4)8-9-14-13(6-2,7-3)10-15/h8,14-15H,5-7,9-10H2,1-4H3. The van der Waals surface area contributed by atoms with Crippen molar-refractivity contribution in [3.63, 3.8) is 0 Å². The second-order valence-electron chi connectivity index (χ2n) is 4.10. The minimum Gasteiger partial charge on any atom is -0.466 e. The third-order valence-electron chi connectivity index (χ3n) is 3.31. The van der Waals surface area contributed by atoms with Gasteiger partial charge in [-0.3, -0.25) is 0 Å². The van der Waals surface area contributed by atoms with Gasteiger partial charge in [-0.15, -0.1) is 0 Å². The van der Waals surface area contributed by atoms with E-state index in [1.54, 1.807) is 0 Å². The highest BCUT2D eigenvalue weighted by Gasteiger charge is 2.23. The number of nitrogens with one attached hydrogen (secondary N) is 1. The Kier molecular flexibility index (Phi) is 7.83. The van der Waals surface area contributed by atoms with Gasteiger partial charge in [0, 0.05) is 17.7 Å². The zero-order chi connectivity index (χ0) is 13.3. The Morgan fingerprint density at radius 2 is 1.94 bits per heavy atom. The Balaban J connectivity index is 4.44. The second kappa shape index (κ2) is 8.25. The summed E-state index contributed by atoms with van der Waals surface area (Å²) in [5, 5.41) is 12.7. The van der Waals surface area contributed by atoms with Gasteiger partial charge in [-0.2, -0.15) is 0 Å². The van der Waals surface area contributed by atoms with Crippen LogP contribution >= 0.6 is 0 Å². The average Bonchev–Trinajstić information content (AvgIpc) is 2.39. The molecule has 0 unspecified atom stereocenters. The van der Waals surface area contributed by atoms with Crippen LogP contribution < -0.4 is 5.32 Å². The number of aliphatic hydroxyl groups excluding tert-OH is 1. The summed E-state index contributed by atoms with van der Waals surface area (Å²) >= 11 is 0. The normalized spacial score (nSPS) is 12.6. The fourth-order valence-corrected chi connectivity index (χ4v) is 1.67. The summed E-state index contributed by atoms with van der Waals surface area (Å²) in [6, 6.07) is 0. The first kappa shape index (κ1) is 16.1. The smallest absolute Gasteiger partial charge is 0.333 e. The van der Waals surface area contributed by atoms with Crippen LogP contribution in [-0.2, 0) is 9.53 Å². The zero-order valence-electron chi connectivity index (χ0n) is 11.4. The minimum atomic E-state index is -0.281. The highest BCUT2D eigenvalue weighted by molar-refractivity contribution is 5.88. The van der Waals surface area contributed by atoms with E-state index < -0.39 is 0 Å². The number of methoxy groups -OCH3 is 1. The van der Waals surface area contributed by atoms with E-state index in [2.05, 4.69) is 10.1 Å². The molecule has 0 saturated carbocycles. The molecule has 0 aromatic heterocycles. The number of aliphatic hydroxyl groups is 1. The molecule has 100 valence electrons. The third-order valence-corrected chi connectivity index (χ3v) is 3.31. The van der Waals surface area contributed by atoms with Gasteiger partial charge >= 0.3 is 5.97 Å². The quantitative estimate of drug-likeness (QED) is 0.502. The average molecular weight is 243 g/mol. The Hall–Kier alpha value is -0.870. The molecule has 0 amide bonds. The Morgan fingerprint density at radius 3 is 2.29 bits per heavy atom. The SMILES string of the molecule is CCC(=CCNC(CC)(CC)CO)C(=O)OC. The molecule has 0 aromatic rings. The predicted molar refractivity (Wildman–Crippen MR) is 68.8 cm³/mol. The van der Waals surface area contributed by atoms with Crippen LogP contribution in [0.3, 0.4) is 0 Å². The second-order valence-corrected chi connectivity index (χ2v) is 4.10. The predicted octanol–water partition coefficient (Wildman–Crippen LogP) is 1.64. The van der Waals surface area contributed by atoms with Gasteiger partial charge in [-0.1, -0.05) is 26.8 Å². The molecule has 2 N–H and O–H groups in total. The summed E-state index contributed by atoms with van der Waals surface area (Å²) in [7, 11) is 1.38. The van der Waals surface area contributed by atoms with Gasteiger partial charge in [0.15, 0.2) is 0 Å². The van der Waals surface area contributed by atoms with Gasteiger partial charge < -0.3 is 15.2 Å². The van der Waals surface area contributed by atoms with Gasteiger partial charge in [0.05, 0.1) is 13.7 Å². The lowest BCUT2D eigenvalue weighted by atomic mass is 9.94. The molecule has 0 fully saturated rings. The maximum atomic E-state index is 11.3. The number of carbonyl (C=O) groups excluding carboxylic acids is 1. The molecule has 0 aliphatic carbocycles. The zero-order valence-corrected chi connectivity index (χ0v) is 11.4.